The van der Waals surface area contributed by atoms with E-state index in [9.17, 15) is 9.18 Å². The van der Waals surface area contributed by atoms with E-state index in [-0.39, 0.29) is 11.7 Å². The third-order valence-corrected chi connectivity index (χ3v) is 4.98. The van der Waals surface area contributed by atoms with E-state index in [1.54, 1.807) is 55.3 Å². The van der Waals surface area contributed by atoms with Gasteiger partial charge in [-0.1, -0.05) is 5.16 Å². The van der Waals surface area contributed by atoms with E-state index in [4.69, 9.17) is 14.0 Å². The van der Waals surface area contributed by atoms with Crippen LogP contribution in [0.5, 0.6) is 11.5 Å². The van der Waals surface area contributed by atoms with E-state index >= 15 is 0 Å². The molecule has 7 heteroatoms. The van der Waals surface area contributed by atoms with Gasteiger partial charge < -0.3 is 18.9 Å². The van der Waals surface area contributed by atoms with Gasteiger partial charge in [-0.15, -0.1) is 0 Å². The molecule has 2 aromatic carbocycles. The lowest BCUT2D eigenvalue weighted by Gasteiger charge is -2.28. The fourth-order valence-electron chi connectivity index (χ4n) is 3.41. The van der Waals surface area contributed by atoms with Crippen LogP contribution in [0.3, 0.4) is 0 Å². The Bertz CT molecular complexity index is 999. The monoisotopic (exact) mass is 396 g/mol. The van der Waals surface area contributed by atoms with Gasteiger partial charge in [0, 0.05) is 17.7 Å². The van der Waals surface area contributed by atoms with Gasteiger partial charge >= 0.3 is 0 Å². The van der Waals surface area contributed by atoms with Crippen molar-refractivity contribution >= 4 is 5.91 Å². The van der Waals surface area contributed by atoms with Crippen LogP contribution < -0.4 is 9.47 Å². The molecule has 6 nitrogen and oxygen atoms in total. The Balaban J connectivity index is 1.43. The molecule has 4 rings (SSSR count). The topological polar surface area (TPSA) is 64.8 Å². The van der Waals surface area contributed by atoms with Gasteiger partial charge in [-0.05, 0) is 61.9 Å². The first-order valence-corrected chi connectivity index (χ1v) is 9.38. The number of halogens is 1. The zero-order chi connectivity index (χ0) is 20.4. The maximum Gasteiger partial charge on any atom is 0.263 e. The van der Waals surface area contributed by atoms with E-state index in [1.807, 2.05) is 0 Å². The van der Waals surface area contributed by atoms with Crippen LogP contribution in [0.25, 0.3) is 11.3 Å². The van der Waals surface area contributed by atoms with Crippen molar-refractivity contribution in [2.45, 2.75) is 26.0 Å². The smallest absolute Gasteiger partial charge is 0.263 e. The summed E-state index contributed by atoms with van der Waals surface area (Å²) in [5.41, 5.74) is 2.46. The highest BCUT2D eigenvalue weighted by molar-refractivity contribution is 5.81. The fourth-order valence-corrected chi connectivity index (χ4v) is 3.41. The van der Waals surface area contributed by atoms with Gasteiger partial charge in [0.05, 0.1) is 13.7 Å². The number of aromatic nitrogens is 1. The van der Waals surface area contributed by atoms with Crippen LogP contribution >= 0.6 is 0 Å². The summed E-state index contributed by atoms with van der Waals surface area (Å²) in [6, 6.07) is 13.2. The number of rotatable bonds is 5. The van der Waals surface area contributed by atoms with Crippen LogP contribution in [0.2, 0.25) is 0 Å². The SMILES string of the molecule is COc1ccc(OC(C)C(=O)N2CCc3c(noc3-c3ccc(F)cc3)C2)cc1. The molecule has 0 saturated carbocycles. The normalized spacial score (nSPS) is 14.2. The number of fused-ring (bicyclic) bond motifs is 1. The molecule has 0 saturated heterocycles. The molecular formula is C22H21FN2O4. The summed E-state index contributed by atoms with van der Waals surface area (Å²) in [4.78, 5) is 14.5. The molecule has 150 valence electrons. The molecule has 0 radical (unpaired) electrons. The highest BCUT2D eigenvalue weighted by Gasteiger charge is 2.30. The van der Waals surface area contributed by atoms with Crippen molar-refractivity contribution in [1.82, 2.24) is 10.1 Å². The van der Waals surface area contributed by atoms with Crippen molar-refractivity contribution in [3.63, 3.8) is 0 Å². The summed E-state index contributed by atoms with van der Waals surface area (Å²) in [6.45, 7) is 2.63. The standard InChI is InChI=1S/C22H21FN2O4/c1-14(28-18-9-7-17(27-2)8-10-18)22(26)25-12-11-19-20(13-25)24-29-21(19)15-3-5-16(23)6-4-15/h3-10,14H,11-13H2,1-2H3. The zero-order valence-corrected chi connectivity index (χ0v) is 16.2. The molecular weight excluding hydrogens is 375 g/mol. The van der Waals surface area contributed by atoms with E-state index in [0.717, 1.165) is 22.6 Å². The first-order valence-electron chi connectivity index (χ1n) is 9.38. The quantitative estimate of drug-likeness (QED) is 0.656. The van der Waals surface area contributed by atoms with E-state index < -0.39 is 6.10 Å². The van der Waals surface area contributed by atoms with Gasteiger partial charge in [0.1, 0.15) is 23.0 Å². The number of carbonyl (C=O) groups excluding carboxylic acids is 1. The van der Waals surface area contributed by atoms with Crippen LogP contribution in [0.1, 0.15) is 18.2 Å². The maximum atomic E-state index is 13.2. The van der Waals surface area contributed by atoms with Gasteiger partial charge in [0.15, 0.2) is 11.9 Å². The summed E-state index contributed by atoms with van der Waals surface area (Å²) in [5.74, 6) is 1.55. The Labute approximate surface area is 167 Å². The molecule has 0 N–H and O–H groups in total. The molecule has 1 aliphatic rings. The second-order valence-electron chi connectivity index (χ2n) is 6.89. The average molecular weight is 396 g/mol. The summed E-state index contributed by atoms with van der Waals surface area (Å²) in [5, 5.41) is 4.13. The minimum atomic E-state index is -0.631. The van der Waals surface area contributed by atoms with Crippen molar-refractivity contribution in [3.8, 4) is 22.8 Å². The predicted molar refractivity (Wildman–Crippen MR) is 104 cm³/mol. The molecule has 1 amide bonds. The minimum Gasteiger partial charge on any atom is -0.497 e. The van der Waals surface area contributed by atoms with Crippen LogP contribution in [-0.2, 0) is 17.8 Å². The van der Waals surface area contributed by atoms with Gasteiger partial charge in [0.25, 0.3) is 5.91 Å². The number of hydrogen-bond donors (Lipinski definition) is 0. The first-order chi connectivity index (χ1) is 14.0. The van der Waals surface area contributed by atoms with Crippen LogP contribution in [0, 0.1) is 5.82 Å². The third-order valence-electron chi connectivity index (χ3n) is 4.98. The van der Waals surface area contributed by atoms with Gasteiger partial charge in [-0.2, -0.15) is 0 Å². The highest BCUT2D eigenvalue weighted by atomic mass is 19.1. The van der Waals surface area contributed by atoms with E-state index in [0.29, 0.717) is 31.0 Å². The van der Waals surface area contributed by atoms with Crippen LogP contribution in [0.4, 0.5) is 4.39 Å². The molecule has 1 atom stereocenters. The van der Waals surface area contributed by atoms with Crippen LogP contribution in [-0.4, -0.2) is 35.7 Å². The summed E-state index contributed by atoms with van der Waals surface area (Å²) >= 11 is 0. The van der Waals surface area contributed by atoms with Crippen molar-refractivity contribution < 1.29 is 23.2 Å². The van der Waals surface area contributed by atoms with Crippen LogP contribution in [0.15, 0.2) is 53.1 Å². The van der Waals surface area contributed by atoms with Crippen molar-refractivity contribution in [1.29, 1.82) is 0 Å². The largest absolute Gasteiger partial charge is 0.497 e. The molecule has 0 bridgehead atoms. The molecule has 0 aliphatic carbocycles. The molecule has 0 spiro atoms. The van der Waals surface area contributed by atoms with Crippen molar-refractivity contribution in [2.75, 3.05) is 13.7 Å². The zero-order valence-electron chi connectivity index (χ0n) is 16.2. The lowest BCUT2D eigenvalue weighted by molar-refractivity contribution is -0.139. The summed E-state index contributed by atoms with van der Waals surface area (Å²) in [6.07, 6.45) is -0.0135. The molecule has 1 aliphatic heterocycles. The second-order valence-corrected chi connectivity index (χ2v) is 6.89. The molecule has 3 aromatic rings. The van der Waals surface area contributed by atoms with E-state index in [2.05, 4.69) is 5.16 Å². The Morgan fingerprint density at radius 2 is 1.83 bits per heavy atom. The number of ether oxygens (including phenoxy) is 2. The Morgan fingerprint density at radius 1 is 1.14 bits per heavy atom. The number of benzene rings is 2. The minimum absolute atomic E-state index is 0.113. The summed E-state index contributed by atoms with van der Waals surface area (Å²) < 4.78 is 29.6. The Morgan fingerprint density at radius 3 is 2.52 bits per heavy atom. The number of hydrogen-bond acceptors (Lipinski definition) is 5. The summed E-state index contributed by atoms with van der Waals surface area (Å²) in [7, 11) is 1.60. The van der Waals surface area contributed by atoms with E-state index in [1.165, 1.54) is 12.1 Å². The molecule has 0 fully saturated rings. The number of carbonyl (C=O) groups is 1. The number of methoxy groups -OCH3 is 1. The van der Waals surface area contributed by atoms with Gasteiger partial charge in [-0.3, -0.25) is 4.79 Å². The van der Waals surface area contributed by atoms with Gasteiger partial charge in [0.2, 0.25) is 0 Å². The number of amides is 1. The van der Waals surface area contributed by atoms with Crippen molar-refractivity contribution in [3.05, 3.63) is 65.6 Å². The molecule has 1 unspecified atom stereocenters. The average Bonchev–Trinajstić information content (AvgIpc) is 3.17. The highest BCUT2D eigenvalue weighted by Crippen LogP contribution is 2.30. The predicted octanol–water partition coefficient (Wildman–Crippen LogP) is 3.84. The lowest BCUT2D eigenvalue weighted by Crippen LogP contribution is -2.43. The van der Waals surface area contributed by atoms with Gasteiger partial charge in [-0.25, -0.2) is 4.39 Å². The third kappa shape index (κ3) is 3.94. The molecule has 2 heterocycles. The molecule has 29 heavy (non-hydrogen) atoms. The Hall–Kier alpha value is -3.35. The number of nitrogens with zero attached hydrogens (tertiary/aromatic N) is 2. The van der Waals surface area contributed by atoms with Crippen molar-refractivity contribution in [2.24, 2.45) is 0 Å². The lowest BCUT2D eigenvalue weighted by atomic mass is 10.0. The molecule has 1 aromatic heterocycles. The second kappa shape index (κ2) is 7.95. The fraction of sp³-hybridized carbons (Fsp3) is 0.273. The maximum absolute atomic E-state index is 13.2. The first kappa shape index (κ1) is 19.0. The Kier molecular flexibility index (Phi) is 5.20.